The lowest BCUT2D eigenvalue weighted by Crippen LogP contribution is -2.05. The summed E-state index contributed by atoms with van der Waals surface area (Å²) in [6.45, 7) is 1.80. The van der Waals surface area contributed by atoms with Gasteiger partial charge in [-0.05, 0) is 18.6 Å². The Balaban J connectivity index is 2.54. The average molecular weight is 241 g/mol. The zero-order valence-electron chi connectivity index (χ0n) is 9.79. The van der Waals surface area contributed by atoms with Gasteiger partial charge in [-0.2, -0.15) is 0 Å². The molecule has 0 fully saturated rings. The predicted octanol–water partition coefficient (Wildman–Crippen LogP) is 3.13. The summed E-state index contributed by atoms with van der Waals surface area (Å²) in [4.78, 5) is 22.6. The monoisotopic (exact) mass is 241 g/mol. The second-order valence-electron chi connectivity index (χ2n) is 3.97. The first-order valence-electron chi connectivity index (χ1n) is 5.44. The highest BCUT2D eigenvalue weighted by Crippen LogP contribution is 2.22. The van der Waals surface area contributed by atoms with Gasteiger partial charge in [-0.1, -0.05) is 36.4 Å². The number of carbonyl (C=O) groups excluding carboxylic acids is 1. The van der Waals surface area contributed by atoms with Crippen LogP contribution in [0.1, 0.15) is 21.5 Å². The third-order valence-corrected chi connectivity index (χ3v) is 2.63. The summed E-state index contributed by atoms with van der Waals surface area (Å²) in [5.74, 6) is -0.328. The van der Waals surface area contributed by atoms with E-state index in [0.29, 0.717) is 5.56 Å². The number of hydrogen-bond acceptors (Lipinski definition) is 3. The Bertz CT molecular complexity index is 606. The van der Waals surface area contributed by atoms with E-state index in [1.54, 1.807) is 49.4 Å². The normalized spacial score (nSPS) is 10.1. The third kappa shape index (κ3) is 2.27. The Morgan fingerprint density at radius 1 is 1.11 bits per heavy atom. The Kier molecular flexibility index (Phi) is 3.19. The Hall–Kier alpha value is -2.49. The molecule has 0 bridgehead atoms. The van der Waals surface area contributed by atoms with Crippen LogP contribution in [-0.4, -0.2) is 10.7 Å². The molecule has 2 aromatic rings. The Morgan fingerprint density at radius 3 is 2.39 bits per heavy atom. The molecule has 0 aliphatic rings. The first kappa shape index (κ1) is 12.0. The molecular weight excluding hydrogens is 230 g/mol. The molecule has 0 saturated carbocycles. The number of benzene rings is 2. The van der Waals surface area contributed by atoms with Crippen LogP contribution in [0.2, 0.25) is 0 Å². The highest BCUT2D eigenvalue weighted by molar-refractivity contribution is 6.11. The maximum absolute atomic E-state index is 12.2. The van der Waals surface area contributed by atoms with Crippen LogP contribution in [0.3, 0.4) is 0 Å². The lowest BCUT2D eigenvalue weighted by Gasteiger charge is -2.03. The van der Waals surface area contributed by atoms with Gasteiger partial charge in [0.1, 0.15) is 5.56 Å². The fourth-order valence-corrected chi connectivity index (χ4v) is 1.74. The molecule has 0 atom stereocenters. The van der Waals surface area contributed by atoms with Crippen molar-refractivity contribution in [2.45, 2.75) is 6.92 Å². The quantitative estimate of drug-likeness (QED) is 0.471. The van der Waals surface area contributed by atoms with E-state index in [-0.39, 0.29) is 17.0 Å². The molecule has 18 heavy (non-hydrogen) atoms. The molecule has 2 rings (SSSR count). The molecule has 0 saturated heterocycles. The van der Waals surface area contributed by atoms with Gasteiger partial charge in [-0.3, -0.25) is 14.9 Å². The lowest BCUT2D eigenvalue weighted by molar-refractivity contribution is -0.385. The van der Waals surface area contributed by atoms with E-state index >= 15 is 0 Å². The minimum absolute atomic E-state index is 0.131. The summed E-state index contributed by atoms with van der Waals surface area (Å²) in [5, 5.41) is 10.9. The zero-order valence-corrected chi connectivity index (χ0v) is 9.79. The summed E-state index contributed by atoms with van der Waals surface area (Å²) in [5.41, 5.74) is 1.24. The van der Waals surface area contributed by atoms with Crippen molar-refractivity contribution in [2.75, 3.05) is 0 Å². The second-order valence-corrected chi connectivity index (χ2v) is 3.97. The molecule has 0 aliphatic heterocycles. The summed E-state index contributed by atoms with van der Waals surface area (Å²) < 4.78 is 0. The van der Waals surface area contributed by atoms with Crippen LogP contribution < -0.4 is 0 Å². The van der Waals surface area contributed by atoms with Gasteiger partial charge in [0.25, 0.3) is 5.69 Å². The molecule has 90 valence electrons. The number of carbonyl (C=O) groups is 1. The van der Waals surface area contributed by atoms with Gasteiger partial charge >= 0.3 is 0 Å². The number of ketones is 1. The molecule has 0 aromatic heterocycles. The lowest BCUT2D eigenvalue weighted by atomic mass is 10.00. The van der Waals surface area contributed by atoms with Crippen LogP contribution in [0.25, 0.3) is 0 Å². The van der Waals surface area contributed by atoms with E-state index in [0.717, 1.165) is 5.56 Å². The first-order valence-corrected chi connectivity index (χ1v) is 5.44. The summed E-state index contributed by atoms with van der Waals surface area (Å²) in [7, 11) is 0. The number of nitro benzene ring substituents is 1. The SMILES string of the molecule is Cc1ccc([N+](=O)[O-])c(C(=O)c2ccccc2)c1. The molecule has 4 nitrogen and oxygen atoms in total. The summed E-state index contributed by atoms with van der Waals surface area (Å²) >= 11 is 0. The standard InChI is InChI=1S/C14H11NO3/c1-10-7-8-13(15(17)18)12(9-10)14(16)11-5-3-2-4-6-11/h2-9H,1H3. The highest BCUT2D eigenvalue weighted by atomic mass is 16.6. The van der Waals surface area contributed by atoms with Crippen molar-refractivity contribution in [2.24, 2.45) is 0 Å². The van der Waals surface area contributed by atoms with E-state index in [1.165, 1.54) is 6.07 Å². The smallest absolute Gasteiger partial charge is 0.280 e. The van der Waals surface area contributed by atoms with Crippen molar-refractivity contribution in [1.29, 1.82) is 0 Å². The van der Waals surface area contributed by atoms with Gasteiger partial charge in [-0.15, -0.1) is 0 Å². The molecule has 0 radical (unpaired) electrons. The van der Waals surface area contributed by atoms with Gasteiger partial charge in [0.2, 0.25) is 0 Å². The van der Waals surface area contributed by atoms with Gasteiger partial charge in [0.15, 0.2) is 5.78 Å². The van der Waals surface area contributed by atoms with Crippen LogP contribution in [-0.2, 0) is 0 Å². The molecule has 0 N–H and O–H groups in total. The van der Waals surface area contributed by atoms with Gasteiger partial charge in [-0.25, -0.2) is 0 Å². The number of rotatable bonds is 3. The first-order chi connectivity index (χ1) is 8.59. The molecule has 0 unspecified atom stereocenters. The van der Waals surface area contributed by atoms with E-state index in [1.807, 2.05) is 0 Å². The van der Waals surface area contributed by atoms with E-state index < -0.39 is 4.92 Å². The van der Waals surface area contributed by atoms with Crippen LogP contribution in [0.15, 0.2) is 48.5 Å². The third-order valence-electron chi connectivity index (χ3n) is 2.63. The maximum atomic E-state index is 12.2. The molecule has 0 spiro atoms. The largest absolute Gasteiger partial charge is 0.288 e. The van der Waals surface area contributed by atoms with E-state index in [2.05, 4.69) is 0 Å². The van der Waals surface area contributed by atoms with Crippen molar-refractivity contribution < 1.29 is 9.72 Å². The van der Waals surface area contributed by atoms with Gasteiger partial charge < -0.3 is 0 Å². The molecule has 0 aliphatic carbocycles. The molecule has 2 aromatic carbocycles. The van der Waals surface area contributed by atoms with Crippen molar-refractivity contribution in [3.05, 3.63) is 75.3 Å². The second kappa shape index (κ2) is 4.79. The van der Waals surface area contributed by atoms with Crippen LogP contribution >= 0.6 is 0 Å². The molecule has 0 amide bonds. The van der Waals surface area contributed by atoms with Crippen LogP contribution in [0, 0.1) is 17.0 Å². The predicted molar refractivity (Wildman–Crippen MR) is 67.7 cm³/mol. The van der Waals surface area contributed by atoms with Gasteiger partial charge in [0, 0.05) is 11.6 Å². The number of aryl methyl sites for hydroxylation is 1. The van der Waals surface area contributed by atoms with Crippen LogP contribution in [0.5, 0.6) is 0 Å². The van der Waals surface area contributed by atoms with E-state index in [9.17, 15) is 14.9 Å². The molecule has 0 heterocycles. The highest BCUT2D eigenvalue weighted by Gasteiger charge is 2.20. The maximum Gasteiger partial charge on any atom is 0.280 e. The molecule has 4 heteroatoms. The average Bonchev–Trinajstić information content (AvgIpc) is 2.38. The Morgan fingerprint density at radius 2 is 1.78 bits per heavy atom. The van der Waals surface area contributed by atoms with E-state index in [4.69, 9.17) is 0 Å². The fourth-order valence-electron chi connectivity index (χ4n) is 1.74. The number of hydrogen-bond donors (Lipinski definition) is 0. The Labute approximate surface area is 104 Å². The molecular formula is C14H11NO3. The van der Waals surface area contributed by atoms with Crippen molar-refractivity contribution >= 4 is 11.5 Å². The summed E-state index contributed by atoms with van der Waals surface area (Å²) in [6, 6.07) is 13.1. The van der Waals surface area contributed by atoms with Gasteiger partial charge in [0.05, 0.1) is 4.92 Å². The summed E-state index contributed by atoms with van der Waals surface area (Å²) in [6.07, 6.45) is 0. The van der Waals surface area contributed by atoms with Crippen molar-refractivity contribution in [1.82, 2.24) is 0 Å². The number of nitrogens with zero attached hydrogens (tertiary/aromatic N) is 1. The topological polar surface area (TPSA) is 60.2 Å². The number of nitro groups is 1. The van der Waals surface area contributed by atoms with Crippen molar-refractivity contribution in [3.63, 3.8) is 0 Å². The zero-order chi connectivity index (χ0) is 13.1. The van der Waals surface area contributed by atoms with Crippen LogP contribution in [0.4, 0.5) is 5.69 Å². The van der Waals surface area contributed by atoms with Crippen molar-refractivity contribution in [3.8, 4) is 0 Å². The fraction of sp³-hybridized carbons (Fsp3) is 0.0714. The minimum atomic E-state index is -0.532. The minimum Gasteiger partial charge on any atom is -0.288 e.